The van der Waals surface area contributed by atoms with Crippen molar-refractivity contribution in [2.45, 2.75) is 5.71 Å². The predicted octanol–water partition coefficient (Wildman–Crippen LogP) is 0.493. The molecule has 2 aromatic heterocycles. The Bertz CT molecular complexity index is 413. The maximum atomic E-state index is 4.27. The van der Waals surface area contributed by atoms with Gasteiger partial charge in [-0.1, -0.05) is 0 Å². The summed E-state index contributed by atoms with van der Waals surface area (Å²) in [6, 6.07) is 0. The second-order valence-electron chi connectivity index (χ2n) is 2.17. The van der Waals surface area contributed by atoms with Crippen LogP contribution in [-0.2, 0) is 0 Å². The number of nitrogens with zero attached hydrogens (tertiary/aromatic N) is 3. The van der Waals surface area contributed by atoms with E-state index >= 15 is 0 Å². The van der Waals surface area contributed by atoms with Gasteiger partial charge >= 0.3 is 84.0 Å². The quantitative estimate of drug-likeness (QED) is 0.777. The van der Waals surface area contributed by atoms with Gasteiger partial charge in [0.1, 0.15) is 0 Å². The van der Waals surface area contributed by atoms with Gasteiger partial charge in [0, 0.05) is 0 Å². The summed E-state index contributed by atoms with van der Waals surface area (Å²) in [4.78, 5) is 8.47. The predicted molar refractivity (Wildman–Crippen MR) is 50.6 cm³/mol. The van der Waals surface area contributed by atoms with E-state index < -0.39 is 0 Å². The van der Waals surface area contributed by atoms with Gasteiger partial charge in [-0.25, -0.2) is 0 Å². The fourth-order valence-corrected chi connectivity index (χ4v) is 2.01. The Labute approximate surface area is 84.0 Å². The molecular weight excluding hydrogens is 283 g/mol. The molecule has 0 saturated carbocycles. The van der Waals surface area contributed by atoms with E-state index in [1.54, 1.807) is 6.20 Å². The van der Waals surface area contributed by atoms with Crippen LogP contribution in [0.3, 0.4) is 0 Å². The standard InChI is InChI=1S/C6H5AsBrN4/c1-7-6-9-2-3-4(8)11-12-5(3)10-6/h2H,1H3,(H,9,10,11,12). The summed E-state index contributed by atoms with van der Waals surface area (Å²) in [6.07, 6.45) is 1.80. The first kappa shape index (κ1) is 8.20. The van der Waals surface area contributed by atoms with Crippen molar-refractivity contribution in [3.8, 4) is 0 Å². The molecule has 0 aliphatic heterocycles. The molecule has 0 aliphatic carbocycles. The third-order valence-electron chi connectivity index (χ3n) is 1.45. The minimum absolute atomic E-state index is 0.0826. The Kier molecular flexibility index (Phi) is 2.15. The first-order chi connectivity index (χ1) is 5.81. The van der Waals surface area contributed by atoms with Gasteiger partial charge in [0.25, 0.3) is 0 Å². The van der Waals surface area contributed by atoms with Crippen LogP contribution in [0.15, 0.2) is 10.8 Å². The number of aromatic nitrogens is 4. The number of nitrogens with one attached hydrogen (secondary N) is 1. The van der Waals surface area contributed by atoms with E-state index in [2.05, 4.69) is 41.8 Å². The van der Waals surface area contributed by atoms with Crippen LogP contribution in [0.1, 0.15) is 0 Å². The van der Waals surface area contributed by atoms with Gasteiger partial charge in [0.15, 0.2) is 0 Å². The molecule has 12 heavy (non-hydrogen) atoms. The number of fused-ring (bicyclic) bond motifs is 1. The second kappa shape index (κ2) is 3.15. The normalized spacial score (nSPS) is 11.8. The monoisotopic (exact) mass is 287 g/mol. The van der Waals surface area contributed by atoms with E-state index in [-0.39, 0.29) is 15.8 Å². The van der Waals surface area contributed by atoms with Gasteiger partial charge in [-0.3, -0.25) is 0 Å². The fourth-order valence-electron chi connectivity index (χ4n) is 0.874. The molecule has 0 aromatic carbocycles. The molecule has 0 amide bonds. The fraction of sp³-hybridized carbons (Fsp3) is 0.167. The SMILES string of the molecule is C[As]c1ncc2c(Br)[nH]nc2n1. The summed E-state index contributed by atoms with van der Waals surface area (Å²) in [5.41, 5.74) is 2.85. The average Bonchev–Trinajstić information content (AvgIpc) is 2.47. The molecule has 0 atom stereocenters. The van der Waals surface area contributed by atoms with Crippen LogP contribution in [0.2, 0.25) is 5.71 Å². The summed E-state index contributed by atoms with van der Waals surface area (Å²) in [5, 5.41) is 7.76. The van der Waals surface area contributed by atoms with E-state index in [9.17, 15) is 0 Å². The molecule has 0 unspecified atom stereocenters. The summed E-state index contributed by atoms with van der Waals surface area (Å²) in [5.74, 6) is 0. The zero-order valence-electron chi connectivity index (χ0n) is 6.24. The number of hydrogen-bond donors (Lipinski definition) is 1. The Morgan fingerprint density at radius 2 is 2.42 bits per heavy atom. The Balaban J connectivity index is 2.69. The third-order valence-corrected chi connectivity index (χ3v) is 3.35. The van der Waals surface area contributed by atoms with Crippen molar-refractivity contribution in [2.24, 2.45) is 0 Å². The van der Waals surface area contributed by atoms with Crippen molar-refractivity contribution in [1.82, 2.24) is 20.2 Å². The molecule has 1 radical (unpaired) electrons. The van der Waals surface area contributed by atoms with Gasteiger partial charge in [-0.05, 0) is 0 Å². The van der Waals surface area contributed by atoms with E-state index in [4.69, 9.17) is 0 Å². The summed E-state index contributed by atoms with van der Waals surface area (Å²) >= 11 is 3.41. The Hall–Kier alpha value is -0.412. The van der Waals surface area contributed by atoms with Crippen molar-refractivity contribution in [1.29, 1.82) is 0 Å². The molecule has 0 spiro atoms. The summed E-state index contributed by atoms with van der Waals surface area (Å²) in [7, 11) is 0. The van der Waals surface area contributed by atoms with Crippen molar-refractivity contribution in [2.75, 3.05) is 0 Å². The topological polar surface area (TPSA) is 54.5 Å². The average molecular weight is 288 g/mol. The number of aromatic amines is 1. The molecule has 4 nitrogen and oxygen atoms in total. The van der Waals surface area contributed by atoms with Crippen LogP contribution >= 0.6 is 15.9 Å². The van der Waals surface area contributed by atoms with Crippen LogP contribution in [0, 0.1) is 0 Å². The van der Waals surface area contributed by atoms with Crippen LogP contribution in [0.5, 0.6) is 0 Å². The molecule has 61 valence electrons. The zero-order valence-corrected chi connectivity index (χ0v) is 9.71. The first-order valence-corrected chi connectivity index (χ1v) is 6.88. The maximum absolute atomic E-state index is 4.27. The third kappa shape index (κ3) is 1.27. The van der Waals surface area contributed by atoms with E-state index in [1.807, 2.05) is 0 Å². The number of hydrogen-bond acceptors (Lipinski definition) is 3. The molecule has 0 fully saturated rings. The van der Waals surface area contributed by atoms with Crippen molar-refractivity contribution in [3.05, 3.63) is 10.8 Å². The van der Waals surface area contributed by atoms with Crippen LogP contribution < -0.4 is 4.61 Å². The van der Waals surface area contributed by atoms with Crippen LogP contribution in [0.4, 0.5) is 0 Å². The minimum atomic E-state index is 0.0826. The van der Waals surface area contributed by atoms with E-state index in [1.165, 1.54) is 0 Å². The van der Waals surface area contributed by atoms with Crippen LogP contribution in [0.25, 0.3) is 11.0 Å². The number of halogens is 1. The van der Waals surface area contributed by atoms with Gasteiger partial charge in [-0.2, -0.15) is 0 Å². The first-order valence-electron chi connectivity index (χ1n) is 3.27. The van der Waals surface area contributed by atoms with Gasteiger partial charge < -0.3 is 0 Å². The number of H-pyrrole nitrogens is 1. The summed E-state index contributed by atoms with van der Waals surface area (Å²) < 4.78 is 1.76. The zero-order chi connectivity index (χ0) is 8.55. The number of rotatable bonds is 1. The van der Waals surface area contributed by atoms with Crippen molar-refractivity contribution in [3.63, 3.8) is 0 Å². The van der Waals surface area contributed by atoms with Crippen LogP contribution in [-0.4, -0.2) is 35.9 Å². The Morgan fingerprint density at radius 3 is 3.17 bits per heavy atom. The van der Waals surface area contributed by atoms with Gasteiger partial charge in [0.2, 0.25) is 0 Å². The molecule has 0 aliphatic rings. The van der Waals surface area contributed by atoms with E-state index in [0.29, 0.717) is 0 Å². The molecule has 0 bridgehead atoms. The summed E-state index contributed by atoms with van der Waals surface area (Å²) in [6.45, 7) is 0. The van der Waals surface area contributed by atoms with Gasteiger partial charge in [0.05, 0.1) is 0 Å². The molecule has 2 aromatic rings. The molecule has 6 heteroatoms. The van der Waals surface area contributed by atoms with E-state index in [0.717, 1.165) is 20.2 Å². The molecule has 1 N–H and O–H groups in total. The molecule has 0 saturated heterocycles. The molecule has 2 heterocycles. The molecule has 2 rings (SSSR count). The molecular formula is C6H5AsBrN4. The van der Waals surface area contributed by atoms with Gasteiger partial charge in [-0.15, -0.1) is 0 Å². The van der Waals surface area contributed by atoms with Crippen molar-refractivity contribution >= 4 is 47.3 Å². The Morgan fingerprint density at radius 1 is 1.58 bits per heavy atom. The second-order valence-corrected chi connectivity index (χ2v) is 4.74. The van der Waals surface area contributed by atoms with Crippen molar-refractivity contribution < 1.29 is 0 Å².